The highest BCUT2D eigenvalue weighted by molar-refractivity contribution is 6.03. The van der Waals surface area contributed by atoms with Crippen LogP contribution < -0.4 is 10.6 Å². The van der Waals surface area contributed by atoms with Gasteiger partial charge in [0.05, 0.1) is 40.7 Å². The number of carbonyl (C=O) groups is 1. The second-order valence-corrected chi connectivity index (χ2v) is 10.3. The van der Waals surface area contributed by atoms with Gasteiger partial charge in [-0.2, -0.15) is 13.2 Å². The summed E-state index contributed by atoms with van der Waals surface area (Å²) < 4.78 is 40.6. The molecule has 1 saturated carbocycles. The molecule has 41 heavy (non-hydrogen) atoms. The number of nitrogens with one attached hydrogen (secondary N) is 2. The Labute approximate surface area is 235 Å². The quantitative estimate of drug-likeness (QED) is 0.323. The molecule has 1 aliphatic rings. The van der Waals surface area contributed by atoms with Gasteiger partial charge in [0.2, 0.25) is 0 Å². The van der Waals surface area contributed by atoms with Gasteiger partial charge in [0.1, 0.15) is 11.4 Å². The number of anilines is 2. The lowest BCUT2D eigenvalue weighted by atomic mass is 9.90. The molecule has 0 aromatic carbocycles. The highest BCUT2D eigenvalue weighted by Crippen LogP contribution is 2.30. The Morgan fingerprint density at radius 2 is 1.80 bits per heavy atom. The van der Waals surface area contributed by atoms with Crippen LogP contribution in [0.4, 0.5) is 24.5 Å². The molecule has 0 spiro atoms. The minimum absolute atomic E-state index is 0.267. The zero-order chi connectivity index (χ0) is 29.1. The van der Waals surface area contributed by atoms with Gasteiger partial charge in [-0.05, 0) is 71.0 Å². The first-order valence-corrected chi connectivity index (χ1v) is 13.2. The summed E-state index contributed by atoms with van der Waals surface area (Å²) >= 11 is 0. The average Bonchev–Trinajstić information content (AvgIpc) is 3.44. The lowest BCUT2D eigenvalue weighted by Crippen LogP contribution is -2.36. The Morgan fingerprint density at radius 3 is 2.54 bits per heavy atom. The summed E-state index contributed by atoms with van der Waals surface area (Å²) in [5.41, 5.74) is 2.39. The molecule has 0 atom stereocenters. The molecule has 0 radical (unpaired) electrons. The third-order valence-corrected chi connectivity index (χ3v) is 7.21. The van der Waals surface area contributed by atoms with Crippen LogP contribution in [0.25, 0.3) is 16.9 Å². The number of halogens is 3. The van der Waals surface area contributed by atoms with Gasteiger partial charge >= 0.3 is 6.18 Å². The molecule has 4 aromatic heterocycles. The molecule has 1 aliphatic carbocycles. The monoisotopic (exact) mass is 565 g/mol. The molecule has 0 aliphatic heterocycles. The number of carbonyl (C=O) groups excluding carboxylic acids is 1. The Hall–Kier alpha value is -4.39. The van der Waals surface area contributed by atoms with Crippen LogP contribution >= 0.6 is 0 Å². The number of hydrogen-bond acceptors (Lipinski definition) is 8. The van der Waals surface area contributed by atoms with Crippen LogP contribution in [0, 0.1) is 6.92 Å². The summed E-state index contributed by atoms with van der Waals surface area (Å²) in [4.78, 5) is 27.4. The largest absolute Gasteiger partial charge is 0.416 e. The summed E-state index contributed by atoms with van der Waals surface area (Å²) in [5, 5.41) is 14.7. The highest BCUT2D eigenvalue weighted by Gasteiger charge is 2.31. The highest BCUT2D eigenvalue weighted by atomic mass is 19.4. The molecule has 4 aromatic rings. The van der Waals surface area contributed by atoms with Crippen LogP contribution in [-0.4, -0.2) is 66.9 Å². The van der Waals surface area contributed by atoms with E-state index in [9.17, 15) is 18.0 Å². The van der Waals surface area contributed by atoms with Gasteiger partial charge in [0, 0.05) is 36.2 Å². The van der Waals surface area contributed by atoms with Crippen molar-refractivity contribution in [3.8, 4) is 16.9 Å². The molecular weight excluding hydrogens is 535 g/mol. The van der Waals surface area contributed by atoms with Crippen LogP contribution in [-0.2, 0) is 6.18 Å². The van der Waals surface area contributed by atoms with E-state index in [1.165, 1.54) is 10.9 Å². The van der Waals surface area contributed by atoms with E-state index in [1.54, 1.807) is 31.6 Å². The maximum Gasteiger partial charge on any atom is 0.416 e. The zero-order valence-electron chi connectivity index (χ0n) is 22.9. The molecule has 0 bridgehead atoms. The number of pyridine rings is 3. The molecule has 2 N–H and O–H groups in total. The second-order valence-electron chi connectivity index (χ2n) is 10.3. The van der Waals surface area contributed by atoms with Gasteiger partial charge in [-0.3, -0.25) is 19.7 Å². The Morgan fingerprint density at radius 1 is 1.02 bits per heavy atom. The van der Waals surface area contributed by atoms with Gasteiger partial charge in [-0.25, -0.2) is 4.68 Å². The second kappa shape index (κ2) is 11.6. The van der Waals surface area contributed by atoms with Crippen LogP contribution in [0.5, 0.6) is 0 Å². The summed E-state index contributed by atoms with van der Waals surface area (Å²) in [5.74, 6) is -0.794. The number of aryl methyl sites for hydroxylation is 1. The van der Waals surface area contributed by atoms with E-state index in [-0.39, 0.29) is 11.4 Å². The van der Waals surface area contributed by atoms with Crippen LogP contribution in [0.2, 0.25) is 0 Å². The van der Waals surface area contributed by atoms with Crippen molar-refractivity contribution in [3.63, 3.8) is 0 Å². The molecule has 1 fully saturated rings. The van der Waals surface area contributed by atoms with E-state index in [1.807, 2.05) is 6.07 Å². The van der Waals surface area contributed by atoms with Crippen molar-refractivity contribution >= 4 is 17.3 Å². The first-order chi connectivity index (χ1) is 19.6. The standard InChI is InChI=1S/C28H30F3N9O/c1-17-26(12-22(15-34-17)36-27(41)24-11-19(8-9-33-24)28(29,30)31)40-16-25(37-38-40)18-10-21(14-32-13-18)35-20-4-6-23(7-5-20)39(2)3/h8-16,20,23,35H,4-7H2,1-3H3,(H,36,41). The van der Waals surface area contributed by atoms with Crippen LogP contribution in [0.1, 0.15) is 47.4 Å². The van der Waals surface area contributed by atoms with Crippen molar-refractivity contribution in [1.29, 1.82) is 0 Å². The maximum atomic E-state index is 13.0. The predicted molar refractivity (Wildman–Crippen MR) is 148 cm³/mol. The summed E-state index contributed by atoms with van der Waals surface area (Å²) in [6.45, 7) is 1.77. The van der Waals surface area contributed by atoms with E-state index in [0.717, 1.165) is 49.2 Å². The zero-order valence-corrected chi connectivity index (χ0v) is 22.9. The number of hydrogen-bond donors (Lipinski definition) is 2. The first-order valence-electron chi connectivity index (χ1n) is 13.2. The first kappa shape index (κ1) is 28.1. The number of alkyl halides is 3. The van der Waals surface area contributed by atoms with Crippen molar-refractivity contribution in [3.05, 3.63) is 72.2 Å². The molecular formula is C28H30F3N9O. The van der Waals surface area contributed by atoms with Gasteiger partial charge in [0.25, 0.3) is 5.91 Å². The van der Waals surface area contributed by atoms with E-state index in [0.29, 0.717) is 35.2 Å². The smallest absolute Gasteiger partial charge is 0.381 e. The third kappa shape index (κ3) is 6.68. The number of rotatable bonds is 7. The maximum absolute atomic E-state index is 13.0. The van der Waals surface area contributed by atoms with Crippen molar-refractivity contribution in [1.82, 2.24) is 34.8 Å². The van der Waals surface area contributed by atoms with Crippen molar-refractivity contribution in [2.45, 2.75) is 50.9 Å². The minimum atomic E-state index is -4.59. The van der Waals surface area contributed by atoms with Crippen LogP contribution in [0.15, 0.2) is 55.2 Å². The molecule has 0 unspecified atom stereocenters. The summed E-state index contributed by atoms with van der Waals surface area (Å²) in [7, 11) is 4.25. The lowest BCUT2D eigenvalue weighted by molar-refractivity contribution is -0.137. The van der Waals surface area contributed by atoms with Crippen molar-refractivity contribution < 1.29 is 18.0 Å². The number of nitrogens with zero attached hydrogens (tertiary/aromatic N) is 7. The Kier molecular flexibility index (Phi) is 7.97. The number of aromatic nitrogens is 6. The van der Waals surface area contributed by atoms with E-state index < -0.39 is 17.6 Å². The summed E-state index contributed by atoms with van der Waals surface area (Å²) in [6.07, 6.45) is 7.49. The van der Waals surface area contributed by atoms with E-state index in [4.69, 9.17) is 0 Å². The Balaban J connectivity index is 1.29. The molecule has 214 valence electrons. The van der Waals surface area contributed by atoms with E-state index >= 15 is 0 Å². The molecule has 4 heterocycles. The molecule has 10 nitrogen and oxygen atoms in total. The SMILES string of the molecule is Cc1ncc(NC(=O)c2cc(C(F)(F)F)ccn2)cc1-n1cc(-c2cncc(NC3CCC(N(C)C)CC3)c2)nn1. The van der Waals surface area contributed by atoms with Crippen LogP contribution in [0.3, 0.4) is 0 Å². The predicted octanol–water partition coefficient (Wildman–Crippen LogP) is 4.98. The fourth-order valence-electron chi connectivity index (χ4n) is 4.89. The molecule has 1 amide bonds. The van der Waals surface area contributed by atoms with Gasteiger partial charge in [-0.1, -0.05) is 5.21 Å². The average molecular weight is 566 g/mol. The van der Waals surface area contributed by atoms with Gasteiger partial charge in [-0.15, -0.1) is 5.10 Å². The number of amides is 1. The summed E-state index contributed by atoms with van der Waals surface area (Å²) in [6, 6.07) is 6.12. The fourth-order valence-corrected chi connectivity index (χ4v) is 4.89. The third-order valence-electron chi connectivity index (χ3n) is 7.21. The van der Waals surface area contributed by atoms with Crippen molar-refractivity contribution in [2.24, 2.45) is 0 Å². The van der Waals surface area contributed by atoms with Crippen molar-refractivity contribution in [2.75, 3.05) is 24.7 Å². The molecule has 13 heteroatoms. The molecule has 0 saturated heterocycles. The van der Waals surface area contributed by atoms with Gasteiger partial charge < -0.3 is 15.5 Å². The van der Waals surface area contributed by atoms with Gasteiger partial charge in [0.15, 0.2) is 0 Å². The molecule has 5 rings (SSSR count). The topological polar surface area (TPSA) is 114 Å². The van der Waals surface area contributed by atoms with E-state index in [2.05, 4.69) is 54.9 Å². The fraction of sp³-hybridized carbons (Fsp3) is 0.357. The Bertz CT molecular complexity index is 1530. The lowest BCUT2D eigenvalue weighted by Gasteiger charge is -2.33. The normalized spacial score (nSPS) is 17.4. The minimum Gasteiger partial charge on any atom is -0.381 e.